The molecule has 0 aromatic heterocycles. The molecule has 4 aromatic rings. The van der Waals surface area contributed by atoms with Crippen LogP contribution in [0.4, 0.5) is 0 Å². The first-order valence-corrected chi connectivity index (χ1v) is 15.1. The third-order valence-corrected chi connectivity index (χ3v) is 7.94. The van der Waals surface area contributed by atoms with E-state index in [1.807, 2.05) is 103 Å². The Morgan fingerprint density at radius 1 is 0.711 bits per heavy atom. The van der Waals surface area contributed by atoms with Crippen LogP contribution in [0.1, 0.15) is 34.8 Å². The fraction of sp³-hybridized carbons (Fsp3) is 0.324. The van der Waals surface area contributed by atoms with Gasteiger partial charge in [0.2, 0.25) is 0 Å². The summed E-state index contributed by atoms with van der Waals surface area (Å²) in [4.78, 5) is 12.4. The molecule has 1 N–H and O–H groups in total. The highest BCUT2D eigenvalue weighted by molar-refractivity contribution is 5.67. The lowest BCUT2D eigenvalue weighted by Gasteiger charge is -2.46. The lowest BCUT2D eigenvalue weighted by Crippen LogP contribution is -2.55. The Balaban J connectivity index is 1.52. The van der Waals surface area contributed by atoms with Gasteiger partial charge in [-0.15, -0.1) is 0 Å². The molecule has 8 nitrogen and oxygen atoms in total. The van der Waals surface area contributed by atoms with Gasteiger partial charge in [-0.25, -0.2) is 0 Å². The molecule has 8 heteroatoms. The Morgan fingerprint density at radius 2 is 1.27 bits per heavy atom. The van der Waals surface area contributed by atoms with Crippen LogP contribution >= 0.6 is 0 Å². The summed E-state index contributed by atoms with van der Waals surface area (Å²) in [6.45, 7) is 1.16. The van der Waals surface area contributed by atoms with Gasteiger partial charge in [-0.1, -0.05) is 91.0 Å². The Bertz CT molecular complexity index is 1460. The maximum absolute atomic E-state index is 12.4. The number of ether oxygens (including phenoxy) is 6. The lowest BCUT2D eigenvalue weighted by atomic mass is 9.80. The zero-order valence-electron chi connectivity index (χ0n) is 25.6. The predicted octanol–water partition coefficient (Wildman–Crippen LogP) is 6.62. The molecular weight excluding hydrogens is 572 g/mol. The summed E-state index contributed by atoms with van der Waals surface area (Å²) in [6.07, 6.45) is -2.76. The maximum atomic E-state index is 12.4. The highest BCUT2D eigenvalue weighted by Crippen LogP contribution is 2.45. The van der Waals surface area contributed by atoms with Crippen LogP contribution in [0.2, 0.25) is 0 Å². The van der Waals surface area contributed by atoms with Crippen LogP contribution < -0.4 is 9.47 Å². The predicted molar refractivity (Wildman–Crippen MR) is 169 cm³/mol. The van der Waals surface area contributed by atoms with Crippen molar-refractivity contribution in [1.29, 1.82) is 0 Å². The number of hydrogen-bond donors (Lipinski definition) is 1. The topological polar surface area (TPSA) is 92.7 Å². The van der Waals surface area contributed by atoms with Crippen LogP contribution in [0.3, 0.4) is 0 Å². The standard InChI is InChI=1S/C37H40O8/c1-40-29-18-19-30(32(20-29)41-2)35-31(21-34(38)39)36(43-23-27-14-8-4-9-15-27)37(44-24-28-16-10-5-11-17-28)33(45-35)25-42-22-26-12-6-3-7-13-26/h3-20,31,33,35-37H,21-25H2,1-2H3,(H,38,39)/t31-,33+,35-,36+,37+/m0/s1. The average Bonchev–Trinajstić information content (AvgIpc) is 3.08. The van der Waals surface area contributed by atoms with Gasteiger partial charge in [0.15, 0.2) is 0 Å². The van der Waals surface area contributed by atoms with Crippen LogP contribution in [0.25, 0.3) is 0 Å². The quantitative estimate of drug-likeness (QED) is 0.160. The molecule has 4 aromatic carbocycles. The molecular formula is C37H40O8. The highest BCUT2D eigenvalue weighted by Gasteiger charge is 2.49. The SMILES string of the molecule is COc1ccc([C@@H]2O[C@H](COCc3ccccc3)[C@@H](OCc3ccccc3)[C@H](OCc3ccccc3)[C@H]2CC(=O)O)c(OC)c1. The van der Waals surface area contributed by atoms with E-state index in [1.54, 1.807) is 20.3 Å². The molecule has 236 valence electrons. The van der Waals surface area contributed by atoms with Gasteiger partial charge in [0.05, 0.1) is 59.3 Å². The van der Waals surface area contributed by atoms with Gasteiger partial charge in [-0.3, -0.25) is 4.79 Å². The van der Waals surface area contributed by atoms with Crippen molar-refractivity contribution in [3.05, 3.63) is 131 Å². The lowest BCUT2D eigenvalue weighted by molar-refractivity contribution is -0.249. The number of benzene rings is 4. The molecule has 0 spiro atoms. The number of carboxylic acids is 1. The summed E-state index contributed by atoms with van der Waals surface area (Å²) in [5.74, 6) is -0.427. The number of carbonyl (C=O) groups is 1. The van der Waals surface area contributed by atoms with E-state index >= 15 is 0 Å². The molecule has 1 saturated heterocycles. The molecule has 0 saturated carbocycles. The fourth-order valence-electron chi connectivity index (χ4n) is 5.73. The summed E-state index contributed by atoms with van der Waals surface area (Å²) in [5.41, 5.74) is 3.68. The molecule has 0 bridgehead atoms. The van der Waals surface area contributed by atoms with Crippen LogP contribution in [0.5, 0.6) is 11.5 Å². The van der Waals surface area contributed by atoms with E-state index in [2.05, 4.69) is 0 Å². The highest BCUT2D eigenvalue weighted by atomic mass is 16.6. The van der Waals surface area contributed by atoms with E-state index in [0.29, 0.717) is 30.3 Å². The van der Waals surface area contributed by atoms with Gasteiger partial charge in [0, 0.05) is 17.5 Å². The second-order valence-corrected chi connectivity index (χ2v) is 11.0. The number of carboxylic acid groups (broad SMARTS) is 1. The van der Waals surface area contributed by atoms with Gasteiger partial charge in [0.1, 0.15) is 23.7 Å². The van der Waals surface area contributed by atoms with Crippen molar-refractivity contribution in [2.45, 2.75) is 50.7 Å². The fourth-order valence-corrected chi connectivity index (χ4v) is 5.73. The van der Waals surface area contributed by atoms with Crippen molar-refractivity contribution >= 4 is 5.97 Å². The molecule has 0 amide bonds. The Morgan fingerprint density at radius 3 is 1.80 bits per heavy atom. The van der Waals surface area contributed by atoms with Crippen molar-refractivity contribution in [2.75, 3.05) is 20.8 Å². The summed E-state index contributed by atoms with van der Waals surface area (Å²) in [7, 11) is 3.16. The number of rotatable bonds is 15. The minimum absolute atomic E-state index is 0.203. The summed E-state index contributed by atoms with van der Waals surface area (Å²) in [6, 6.07) is 35.0. The van der Waals surface area contributed by atoms with E-state index in [-0.39, 0.29) is 19.6 Å². The van der Waals surface area contributed by atoms with Crippen LogP contribution in [-0.4, -0.2) is 50.2 Å². The molecule has 1 heterocycles. The minimum atomic E-state index is -0.963. The van der Waals surface area contributed by atoms with Crippen molar-refractivity contribution in [3.8, 4) is 11.5 Å². The number of aliphatic carboxylic acids is 1. The molecule has 0 unspecified atom stereocenters. The second kappa shape index (κ2) is 16.2. The summed E-state index contributed by atoms with van der Waals surface area (Å²) < 4.78 is 37.5. The summed E-state index contributed by atoms with van der Waals surface area (Å²) >= 11 is 0. The first kappa shape index (κ1) is 32.2. The van der Waals surface area contributed by atoms with Crippen molar-refractivity contribution in [3.63, 3.8) is 0 Å². The third kappa shape index (κ3) is 8.71. The van der Waals surface area contributed by atoms with Crippen LogP contribution in [0, 0.1) is 5.92 Å². The Kier molecular flexibility index (Phi) is 11.6. The monoisotopic (exact) mass is 612 g/mol. The Labute approximate surface area is 264 Å². The Hall–Kier alpha value is -4.21. The zero-order valence-corrected chi connectivity index (χ0v) is 25.6. The van der Waals surface area contributed by atoms with Gasteiger partial charge < -0.3 is 33.5 Å². The van der Waals surface area contributed by atoms with Gasteiger partial charge in [-0.2, -0.15) is 0 Å². The molecule has 5 rings (SSSR count). The molecule has 45 heavy (non-hydrogen) atoms. The maximum Gasteiger partial charge on any atom is 0.303 e. The first-order valence-electron chi connectivity index (χ1n) is 15.1. The van der Waals surface area contributed by atoms with Gasteiger partial charge >= 0.3 is 5.97 Å². The molecule has 1 aliphatic heterocycles. The molecule has 0 radical (unpaired) electrons. The first-order chi connectivity index (χ1) is 22.1. The molecule has 1 aliphatic rings. The third-order valence-electron chi connectivity index (χ3n) is 7.94. The second-order valence-electron chi connectivity index (χ2n) is 11.0. The van der Waals surface area contributed by atoms with Crippen molar-refractivity contribution in [2.24, 2.45) is 5.92 Å². The van der Waals surface area contributed by atoms with E-state index < -0.39 is 36.3 Å². The summed E-state index contributed by atoms with van der Waals surface area (Å²) in [5, 5.41) is 10.1. The van der Waals surface area contributed by atoms with E-state index in [9.17, 15) is 9.90 Å². The minimum Gasteiger partial charge on any atom is -0.497 e. The van der Waals surface area contributed by atoms with Crippen molar-refractivity contribution < 1.29 is 38.3 Å². The van der Waals surface area contributed by atoms with Gasteiger partial charge in [0.25, 0.3) is 0 Å². The van der Waals surface area contributed by atoms with E-state index in [0.717, 1.165) is 16.7 Å². The van der Waals surface area contributed by atoms with Crippen LogP contribution in [0.15, 0.2) is 109 Å². The smallest absolute Gasteiger partial charge is 0.303 e. The van der Waals surface area contributed by atoms with Crippen LogP contribution in [-0.2, 0) is 43.6 Å². The zero-order chi connectivity index (χ0) is 31.4. The molecule has 1 fully saturated rings. The molecule has 0 aliphatic carbocycles. The largest absolute Gasteiger partial charge is 0.497 e. The van der Waals surface area contributed by atoms with E-state index in [1.165, 1.54) is 0 Å². The number of methoxy groups -OCH3 is 2. The average molecular weight is 613 g/mol. The molecule has 5 atom stereocenters. The number of hydrogen-bond acceptors (Lipinski definition) is 7. The van der Waals surface area contributed by atoms with Crippen molar-refractivity contribution in [1.82, 2.24) is 0 Å². The van der Waals surface area contributed by atoms with E-state index in [4.69, 9.17) is 28.4 Å². The van der Waals surface area contributed by atoms with Gasteiger partial charge in [-0.05, 0) is 28.8 Å². The normalized spacial score (nSPS) is 21.2.